The molecule has 14 amide bonds. The number of benzene rings is 4. The monoisotopic (exact) mass is 1690 g/mol. The van der Waals surface area contributed by atoms with Gasteiger partial charge < -0.3 is 76.6 Å². The van der Waals surface area contributed by atoms with E-state index in [1.165, 1.54) is 68.8 Å². The van der Waals surface area contributed by atoms with Gasteiger partial charge in [0.15, 0.2) is 0 Å². The van der Waals surface area contributed by atoms with Crippen molar-refractivity contribution in [2.45, 2.75) is 244 Å². The zero-order valence-electron chi connectivity index (χ0n) is 74.3. The lowest BCUT2D eigenvalue weighted by molar-refractivity contribution is -0.153. The highest BCUT2D eigenvalue weighted by Gasteiger charge is 2.52. The second kappa shape index (κ2) is 45.7. The molecule has 4 aromatic rings. The van der Waals surface area contributed by atoms with Crippen LogP contribution >= 0.6 is 0 Å². The summed E-state index contributed by atoms with van der Waals surface area (Å²) in [5.74, 6) is -14.8. The molecular formula is C92H132N14O16. The van der Waals surface area contributed by atoms with Gasteiger partial charge in [0.05, 0.1) is 13.0 Å². The Kier molecular flexibility index (Phi) is 36.7. The van der Waals surface area contributed by atoms with Crippen molar-refractivity contribution in [3.8, 4) is 0 Å². The molecule has 3 fully saturated rings. The van der Waals surface area contributed by atoms with E-state index in [0.29, 0.717) is 41.8 Å². The molecule has 122 heavy (non-hydrogen) atoms. The second-order valence-corrected chi connectivity index (χ2v) is 35.4. The van der Waals surface area contributed by atoms with Crippen molar-refractivity contribution in [2.24, 2.45) is 35.5 Å². The topological polar surface area (TPSA) is 383 Å². The van der Waals surface area contributed by atoms with Gasteiger partial charge >= 0.3 is 5.97 Å². The van der Waals surface area contributed by atoms with Crippen LogP contribution < -0.4 is 37.2 Å². The van der Waals surface area contributed by atoms with Gasteiger partial charge in [-0.15, -0.1) is 0 Å². The summed E-state index contributed by atoms with van der Waals surface area (Å²) in [5.41, 5.74) is 0.512. The standard InChI is InChI=1S/C92H132N14O16/c1-56(2)45-68-81(112)97-71(89(120)102(14)74(52-64-37-27-20-28-38-64)82(113)93-61(10)86(117)106-43-31-22-32-44-106)54-78(108)100(12)55-77(107)94-69(50-62-33-23-18-24-34-62)87(118)104(16)76(47-58(5)6)90(121)103(15)72(46-57(3)4)83(114)98-70(51-63-35-25-19-26-36-63)88(119)101(13)73-49-60(9)48-66(59(7)8)92(11,99-85(73)116)91(122)105(17)75(53-65-39-29-21-30-40-65)84(115)95-67(80(111)96-68)41-42-79(109)110/h18-21,23-30,33-40,56-61,66-76H,22,31-32,41-55H2,1-17H3,(H,93,113)(H,94,107)(H,95,115)(H,96,111)(H,97,112)(H,98,114)(H,99,116)(H,109,110)/t60?,61-,66?,67-,68-,69-,70-,71-,72-,73-,74-,75-,76-,92-/m0/s1. The molecule has 8 N–H and O–H groups in total. The third kappa shape index (κ3) is 27.5. The van der Waals surface area contributed by atoms with Gasteiger partial charge in [-0.25, -0.2) is 0 Å². The molecule has 14 atom stereocenters. The number of aliphatic carboxylic acids is 1. The fourth-order valence-corrected chi connectivity index (χ4v) is 16.8. The molecule has 0 radical (unpaired) electrons. The highest BCUT2D eigenvalue weighted by Crippen LogP contribution is 2.38. The van der Waals surface area contributed by atoms with Gasteiger partial charge in [-0.05, 0) is 129 Å². The molecule has 3 aliphatic rings. The summed E-state index contributed by atoms with van der Waals surface area (Å²) in [6.07, 6.45) is 0.118. The highest BCUT2D eigenvalue weighted by molar-refractivity contribution is 6.02. The van der Waals surface area contributed by atoms with E-state index in [1.54, 1.807) is 147 Å². The molecule has 3 aliphatic heterocycles. The molecule has 2 unspecified atom stereocenters. The number of piperidine rings is 1. The number of carbonyl (C=O) groups excluding carboxylic acids is 14. The minimum absolute atomic E-state index is 0.0631. The van der Waals surface area contributed by atoms with E-state index < -0.39 is 192 Å². The molecule has 2 bridgehead atoms. The summed E-state index contributed by atoms with van der Waals surface area (Å²) in [5, 5.41) is 30.0. The molecule has 7 rings (SSSR count). The number of fused-ring (bicyclic) bond motifs is 3. The molecule has 3 heterocycles. The Balaban J connectivity index is 1.39. The summed E-state index contributed by atoms with van der Waals surface area (Å²) in [7, 11) is 8.25. The van der Waals surface area contributed by atoms with E-state index in [9.17, 15) is 24.3 Å². The van der Waals surface area contributed by atoms with E-state index in [-0.39, 0.29) is 80.9 Å². The maximum Gasteiger partial charge on any atom is 0.303 e. The van der Waals surface area contributed by atoms with Crippen molar-refractivity contribution in [2.75, 3.05) is 61.9 Å². The SMILES string of the molecule is CC(C)C[C@@H]1NC(=O)[C@H](CCC(=O)O)NC(=O)[C@H](Cc2ccccc2)N(C)C(=O)[C@@]2(C)NC(=O)[C@H](CC(C)CC2C(C)C)N(C)C(=O)[C@H](Cc2ccccc2)NC(=O)[C@H](CC(C)C)N(C)C(=O)[C@H](CC(C)C)N(C)C(=O)[C@H](Cc2ccccc2)NC(=O)CN(C)C(=O)C[C@@H](C(=O)N(C)[C@@H](Cc2ccccc2)C(=O)N[C@@H](C)C(=O)N2CCCCC2)NC1=O. The van der Waals surface area contributed by atoms with Crippen LogP contribution in [0.15, 0.2) is 121 Å². The molecule has 30 heteroatoms. The van der Waals surface area contributed by atoms with E-state index in [0.717, 1.165) is 29.1 Å². The number of nitrogens with zero attached hydrogens (tertiary/aromatic N) is 7. The van der Waals surface area contributed by atoms with Gasteiger partial charge in [0, 0.05) is 87.5 Å². The number of hydrogen-bond donors (Lipinski definition) is 8. The Labute approximate surface area is 719 Å². The van der Waals surface area contributed by atoms with Crippen LogP contribution in [0.4, 0.5) is 0 Å². The molecule has 30 nitrogen and oxygen atoms in total. The average molecular weight is 1690 g/mol. The number of hydrogen-bond acceptors (Lipinski definition) is 15. The first-order valence-electron chi connectivity index (χ1n) is 43.0. The Hall–Kier alpha value is -11.1. The summed E-state index contributed by atoms with van der Waals surface area (Å²) in [6.45, 7) is 19.9. The number of carbonyl (C=O) groups is 15. The Bertz CT molecular complexity index is 4260. The Morgan fingerprint density at radius 2 is 0.984 bits per heavy atom. The van der Waals surface area contributed by atoms with Gasteiger partial charge in [0.25, 0.3) is 0 Å². The van der Waals surface area contributed by atoms with Crippen LogP contribution in [0, 0.1) is 35.5 Å². The predicted octanol–water partition coefficient (Wildman–Crippen LogP) is 5.48. The molecule has 0 aliphatic carbocycles. The first-order chi connectivity index (χ1) is 57.6. The maximum absolute atomic E-state index is 16.1. The molecule has 4 aromatic carbocycles. The van der Waals surface area contributed by atoms with Crippen LogP contribution in [0.2, 0.25) is 0 Å². The fraction of sp³-hybridized carbons (Fsp3) is 0.576. The van der Waals surface area contributed by atoms with Crippen molar-refractivity contribution in [1.29, 1.82) is 0 Å². The molecular weight excluding hydrogens is 1560 g/mol. The van der Waals surface area contributed by atoms with E-state index in [2.05, 4.69) is 37.2 Å². The highest BCUT2D eigenvalue weighted by atomic mass is 16.4. The zero-order valence-corrected chi connectivity index (χ0v) is 74.3. The Morgan fingerprint density at radius 1 is 0.516 bits per heavy atom. The first kappa shape index (κ1) is 98.0. The van der Waals surface area contributed by atoms with Gasteiger partial charge in [-0.1, -0.05) is 184 Å². The second-order valence-electron chi connectivity index (χ2n) is 35.4. The molecule has 0 spiro atoms. The molecule has 3 saturated heterocycles. The van der Waals surface area contributed by atoms with Crippen LogP contribution in [0.1, 0.15) is 169 Å². The smallest absolute Gasteiger partial charge is 0.303 e. The summed E-state index contributed by atoms with van der Waals surface area (Å²) < 4.78 is 0. The lowest BCUT2D eigenvalue weighted by Crippen LogP contribution is -2.68. The molecule has 666 valence electrons. The normalized spacial score (nSPS) is 24.9. The van der Waals surface area contributed by atoms with E-state index in [1.807, 2.05) is 48.5 Å². The van der Waals surface area contributed by atoms with E-state index >= 15 is 52.7 Å². The lowest BCUT2D eigenvalue weighted by atomic mass is 9.70. The zero-order chi connectivity index (χ0) is 90.1. The van der Waals surface area contributed by atoms with Gasteiger partial charge in [-0.2, -0.15) is 0 Å². The number of carboxylic acid groups (broad SMARTS) is 1. The van der Waals surface area contributed by atoms with Crippen molar-refractivity contribution < 1.29 is 77.0 Å². The number of amides is 14. The summed E-state index contributed by atoms with van der Waals surface area (Å²) >= 11 is 0. The van der Waals surface area contributed by atoms with E-state index in [4.69, 9.17) is 0 Å². The fourth-order valence-electron chi connectivity index (χ4n) is 16.8. The van der Waals surface area contributed by atoms with Crippen LogP contribution in [0.3, 0.4) is 0 Å². The number of carboxylic acids is 1. The van der Waals surface area contributed by atoms with Crippen LogP contribution in [-0.2, 0) is 97.6 Å². The van der Waals surface area contributed by atoms with Crippen LogP contribution in [0.5, 0.6) is 0 Å². The summed E-state index contributed by atoms with van der Waals surface area (Å²) in [4.78, 5) is 236. The minimum Gasteiger partial charge on any atom is -0.481 e. The number of rotatable bonds is 23. The van der Waals surface area contributed by atoms with Crippen molar-refractivity contribution in [3.05, 3.63) is 144 Å². The van der Waals surface area contributed by atoms with Crippen LogP contribution in [0.25, 0.3) is 0 Å². The third-order valence-electron chi connectivity index (χ3n) is 23.8. The number of likely N-dealkylation sites (N-methyl/N-ethyl adjacent to an activating group) is 6. The summed E-state index contributed by atoms with van der Waals surface area (Å²) in [6, 6.07) is 19.0. The maximum atomic E-state index is 16.1. The Morgan fingerprint density at radius 3 is 1.51 bits per heavy atom. The number of nitrogens with one attached hydrogen (secondary N) is 7. The largest absolute Gasteiger partial charge is 0.481 e. The predicted molar refractivity (Wildman–Crippen MR) is 462 cm³/mol. The van der Waals surface area contributed by atoms with Crippen molar-refractivity contribution >= 4 is 88.7 Å². The van der Waals surface area contributed by atoms with Gasteiger partial charge in [0.2, 0.25) is 82.7 Å². The molecule has 0 saturated carbocycles. The van der Waals surface area contributed by atoms with Crippen molar-refractivity contribution in [1.82, 2.24) is 71.5 Å². The first-order valence-corrected chi connectivity index (χ1v) is 43.0. The third-order valence-corrected chi connectivity index (χ3v) is 23.8. The van der Waals surface area contributed by atoms with Gasteiger partial charge in [0.1, 0.15) is 72.0 Å². The van der Waals surface area contributed by atoms with Crippen molar-refractivity contribution in [3.63, 3.8) is 0 Å². The van der Waals surface area contributed by atoms with Gasteiger partial charge in [-0.3, -0.25) is 71.9 Å². The number of likely N-dealkylation sites (tertiary alicyclic amines) is 1. The minimum atomic E-state index is -1.92. The molecule has 0 aromatic heterocycles. The average Bonchev–Trinajstić information content (AvgIpc) is 0.762. The lowest BCUT2D eigenvalue weighted by Gasteiger charge is -2.47. The quantitative estimate of drug-likeness (QED) is 0.0456. The van der Waals surface area contributed by atoms with Crippen LogP contribution in [-0.4, -0.2) is 262 Å².